The molecule has 2 nitrogen and oxygen atoms in total. The van der Waals surface area contributed by atoms with Gasteiger partial charge in [0, 0.05) is 10.9 Å². The zero-order chi connectivity index (χ0) is 18.5. The molecule has 0 N–H and O–H groups in total. The van der Waals surface area contributed by atoms with E-state index >= 15 is 0 Å². The third kappa shape index (κ3) is 2.48. The van der Waals surface area contributed by atoms with E-state index in [9.17, 15) is 0 Å². The Kier molecular flexibility index (Phi) is 3.48. The molecule has 1 aromatic heterocycles. The molecular weight excluding hydrogens is 330 g/mol. The normalized spacial score (nSPS) is 12.8. The summed E-state index contributed by atoms with van der Waals surface area (Å²) in [5.74, 6) is 0.878. The van der Waals surface area contributed by atoms with Gasteiger partial charge in [0.15, 0.2) is 0 Å². The van der Waals surface area contributed by atoms with Gasteiger partial charge >= 0.3 is 0 Å². The maximum Gasteiger partial charge on any atom is 0.213 e. The quantitative estimate of drug-likeness (QED) is 0.315. The number of hydrogen-bond acceptors (Lipinski definition) is 2. The lowest BCUT2D eigenvalue weighted by Gasteiger charge is -2.25. The van der Waals surface area contributed by atoms with Crippen molar-refractivity contribution < 1.29 is 4.42 Å². The highest BCUT2D eigenvalue weighted by Gasteiger charge is 2.26. The number of anilines is 3. The lowest BCUT2D eigenvalue weighted by molar-refractivity contribution is 0.620. The Labute approximate surface area is 159 Å². The second-order valence-electron chi connectivity index (χ2n) is 7.34. The number of hydrogen-bond donors (Lipinski definition) is 0. The first-order chi connectivity index (χ1) is 13.1. The highest BCUT2D eigenvalue weighted by molar-refractivity contribution is 6.02. The predicted molar refractivity (Wildman–Crippen MR) is 114 cm³/mol. The molecule has 0 spiro atoms. The molecule has 0 saturated carbocycles. The van der Waals surface area contributed by atoms with Crippen molar-refractivity contribution in [1.29, 1.82) is 0 Å². The zero-order valence-corrected chi connectivity index (χ0v) is 15.8. The molecule has 0 aliphatic carbocycles. The smallest absolute Gasteiger partial charge is 0.213 e. The molecular formula is C25H21NO. The van der Waals surface area contributed by atoms with Crippen LogP contribution in [0.3, 0.4) is 0 Å². The van der Waals surface area contributed by atoms with Gasteiger partial charge in [-0.25, -0.2) is 0 Å². The summed E-state index contributed by atoms with van der Waals surface area (Å²) in [5, 5.41) is 1.16. The van der Waals surface area contributed by atoms with Crippen molar-refractivity contribution in [3.05, 3.63) is 88.5 Å². The summed E-state index contributed by atoms with van der Waals surface area (Å²) in [6.45, 7) is 6.40. The van der Waals surface area contributed by atoms with Crippen LogP contribution in [-0.2, 0) is 0 Å². The van der Waals surface area contributed by atoms with Crippen LogP contribution < -0.4 is 4.90 Å². The van der Waals surface area contributed by atoms with Crippen LogP contribution in [-0.4, -0.2) is 0 Å². The van der Waals surface area contributed by atoms with Gasteiger partial charge in [0.2, 0.25) is 5.88 Å². The number of benzene rings is 3. The molecule has 27 heavy (non-hydrogen) atoms. The molecule has 132 valence electrons. The monoisotopic (exact) mass is 351 g/mol. The lowest BCUT2D eigenvalue weighted by atomic mass is 10.1. The molecule has 0 fully saturated rings. The summed E-state index contributed by atoms with van der Waals surface area (Å²) in [4.78, 5) is 2.26. The third-order valence-electron chi connectivity index (χ3n) is 5.28. The first-order valence-corrected chi connectivity index (χ1v) is 9.29. The van der Waals surface area contributed by atoms with E-state index in [1.165, 1.54) is 22.3 Å². The van der Waals surface area contributed by atoms with E-state index in [1.54, 1.807) is 0 Å². The van der Waals surface area contributed by atoms with Gasteiger partial charge in [-0.05, 0) is 68.3 Å². The van der Waals surface area contributed by atoms with E-state index in [4.69, 9.17) is 4.42 Å². The van der Waals surface area contributed by atoms with E-state index in [-0.39, 0.29) is 0 Å². The minimum Gasteiger partial charge on any atom is -0.439 e. The third-order valence-corrected chi connectivity index (χ3v) is 5.28. The Bertz CT molecular complexity index is 1210. The molecule has 1 aliphatic rings. The van der Waals surface area contributed by atoms with Crippen LogP contribution in [0.4, 0.5) is 17.3 Å². The first-order valence-electron chi connectivity index (χ1n) is 9.29. The predicted octanol–water partition coefficient (Wildman–Crippen LogP) is 7.31. The maximum atomic E-state index is 6.41. The summed E-state index contributed by atoms with van der Waals surface area (Å²) in [7, 11) is 0. The summed E-state index contributed by atoms with van der Waals surface area (Å²) in [5.41, 5.74) is 9.24. The molecule has 3 aromatic carbocycles. The Morgan fingerprint density at radius 2 is 1.52 bits per heavy atom. The highest BCUT2D eigenvalue weighted by atomic mass is 16.4. The molecule has 0 radical (unpaired) electrons. The van der Waals surface area contributed by atoms with Crippen molar-refractivity contribution in [2.45, 2.75) is 20.8 Å². The van der Waals surface area contributed by atoms with Gasteiger partial charge in [-0.3, -0.25) is 4.90 Å². The maximum absolute atomic E-state index is 6.41. The average molecular weight is 351 g/mol. The molecule has 0 bridgehead atoms. The van der Waals surface area contributed by atoms with Gasteiger partial charge in [-0.1, -0.05) is 47.5 Å². The van der Waals surface area contributed by atoms with Crippen molar-refractivity contribution in [3.8, 4) is 0 Å². The van der Waals surface area contributed by atoms with Gasteiger partial charge in [0.1, 0.15) is 5.58 Å². The van der Waals surface area contributed by atoms with Crippen LogP contribution in [0, 0.1) is 20.8 Å². The minimum atomic E-state index is 0.878. The number of aryl methyl sites for hydroxylation is 3. The van der Waals surface area contributed by atoms with Gasteiger partial charge in [-0.15, -0.1) is 0 Å². The largest absolute Gasteiger partial charge is 0.439 e. The highest BCUT2D eigenvalue weighted by Crippen LogP contribution is 2.46. The average Bonchev–Trinajstić information content (AvgIpc) is 2.92. The fourth-order valence-corrected chi connectivity index (χ4v) is 3.89. The number of rotatable bonds is 1. The lowest BCUT2D eigenvalue weighted by Crippen LogP contribution is -2.12. The zero-order valence-electron chi connectivity index (χ0n) is 15.8. The van der Waals surface area contributed by atoms with Gasteiger partial charge in [-0.2, -0.15) is 0 Å². The van der Waals surface area contributed by atoms with Crippen molar-refractivity contribution in [2.75, 3.05) is 4.90 Å². The molecule has 2 heteroatoms. The molecule has 4 aromatic rings. The molecule has 0 atom stereocenters. The fraction of sp³-hybridized carbons (Fsp3) is 0.120. The Morgan fingerprint density at radius 3 is 2.37 bits per heavy atom. The number of furan rings is 1. The second kappa shape index (κ2) is 5.88. The van der Waals surface area contributed by atoms with Gasteiger partial charge in [0.05, 0.1) is 11.4 Å². The van der Waals surface area contributed by atoms with Crippen molar-refractivity contribution in [2.24, 2.45) is 0 Å². The van der Waals surface area contributed by atoms with Crippen molar-refractivity contribution >= 4 is 40.4 Å². The summed E-state index contributed by atoms with van der Waals surface area (Å²) < 4.78 is 6.41. The molecule has 1 aliphatic heterocycles. The van der Waals surface area contributed by atoms with E-state index < -0.39 is 0 Å². The number of fused-ring (bicyclic) bond motifs is 4. The standard InChI is InChI=1S/C25H21NO/c1-16-8-12-23-19(14-16)10-11-20-21-15-17(2)9-13-24(21)27-25(20)26(23)22-7-5-4-6-18(22)3/h4-15H,1-3H3. The van der Waals surface area contributed by atoms with Crippen LogP contribution in [0.1, 0.15) is 27.8 Å². The molecule has 0 amide bonds. The van der Waals surface area contributed by atoms with Crippen molar-refractivity contribution in [3.63, 3.8) is 0 Å². The van der Waals surface area contributed by atoms with Crippen LogP contribution in [0.2, 0.25) is 0 Å². The molecule has 0 saturated heterocycles. The summed E-state index contributed by atoms with van der Waals surface area (Å²) in [6.07, 6.45) is 4.40. The Balaban J connectivity index is 1.88. The van der Waals surface area contributed by atoms with E-state index in [1.807, 2.05) is 0 Å². The van der Waals surface area contributed by atoms with E-state index in [0.29, 0.717) is 0 Å². The van der Waals surface area contributed by atoms with E-state index in [0.717, 1.165) is 33.8 Å². The van der Waals surface area contributed by atoms with Gasteiger partial charge in [0.25, 0.3) is 0 Å². The summed E-state index contributed by atoms with van der Waals surface area (Å²) in [6, 6.07) is 21.4. The van der Waals surface area contributed by atoms with Gasteiger partial charge < -0.3 is 4.42 Å². The SMILES string of the molecule is Cc1ccc2c(c1)C=Cc1c(oc3ccc(C)cc13)N2c1ccccc1C. The van der Waals surface area contributed by atoms with Crippen LogP contribution in [0.25, 0.3) is 23.1 Å². The Morgan fingerprint density at radius 1 is 0.741 bits per heavy atom. The minimum absolute atomic E-state index is 0.878. The molecule has 5 rings (SSSR count). The van der Waals surface area contributed by atoms with Crippen LogP contribution in [0.15, 0.2) is 65.1 Å². The van der Waals surface area contributed by atoms with Crippen LogP contribution in [0.5, 0.6) is 0 Å². The first kappa shape index (κ1) is 16.0. The topological polar surface area (TPSA) is 16.4 Å². The van der Waals surface area contributed by atoms with Crippen LogP contribution >= 0.6 is 0 Å². The number of para-hydroxylation sites is 1. The fourth-order valence-electron chi connectivity index (χ4n) is 3.89. The second-order valence-corrected chi connectivity index (χ2v) is 7.34. The summed E-state index contributed by atoms with van der Waals surface area (Å²) >= 11 is 0. The Hall–Kier alpha value is -3.26. The van der Waals surface area contributed by atoms with E-state index in [2.05, 4.69) is 98.5 Å². The number of nitrogens with zero attached hydrogens (tertiary/aromatic N) is 1. The molecule has 0 unspecified atom stereocenters. The molecule has 2 heterocycles. The van der Waals surface area contributed by atoms with Crippen molar-refractivity contribution in [1.82, 2.24) is 0 Å².